The number of rotatable bonds is 5. The minimum atomic E-state index is -0.300. The molecule has 0 amide bonds. The molecule has 1 N–H and O–H groups in total. The Morgan fingerprint density at radius 1 is 1.24 bits per heavy atom. The molecule has 0 bridgehead atoms. The maximum absolute atomic E-state index is 9.38. The first-order valence-electron chi connectivity index (χ1n) is 8.23. The standard InChI is InChI=1S/C18H26O3/c1-14(19)12-15-4-6-16(7-5-15)20-13-17-8-11-18(21-17)9-2-3-10-18/h4-7,14,17,19H,2-3,8-13H2,1H3. The second-order valence-corrected chi connectivity index (χ2v) is 6.68. The molecule has 2 aliphatic rings. The lowest BCUT2D eigenvalue weighted by atomic mass is 9.98. The molecule has 3 heteroatoms. The third kappa shape index (κ3) is 3.78. The first-order chi connectivity index (χ1) is 10.2. The average molecular weight is 290 g/mol. The van der Waals surface area contributed by atoms with Crippen LogP contribution >= 0.6 is 0 Å². The topological polar surface area (TPSA) is 38.7 Å². The fourth-order valence-corrected chi connectivity index (χ4v) is 3.65. The van der Waals surface area contributed by atoms with Crippen molar-refractivity contribution in [2.24, 2.45) is 0 Å². The molecule has 2 atom stereocenters. The lowest BCUT2D eigenvalue weighted by Gasteiger charge is -2.23. The monoisotopic (exact) mass is 290 g/mol. The van der Waals surface area contributed by atoms with E-state index in [4.69, 9.17) is 9.47 Å². The van der Waals surface area contributed by atoms with Crippen molar-refractivity contribution in [3.05, 3.63) is 29.8 Å². The molecule has 3 rings (SSSR count). The van der Waals surface area contributed by atoms with Gasteiger partial charge in [-0.1, -0.05) is 25.0 Å². The van der Waals surface area contributed by atoms with Gasteiger partial charge in [0, 0.05) is 0 Å². The van der Waals surface area contributed by atoms with Gasteiger partial charge in [-0.15, -0.1) is 0 Å². The molecular formula is C18H26O3. The van der Waals surface area contributed by atoms with E-state index in [1.807, 2.05) is 24.3 Å². The molecule has 0 radical (unpaired) electrons. The van der Waals surface area contributed by atoms with Crippen molar-refractivity contribution in [3.63, 3.8) is 0 Å². The molecule has 1 saturated heterocycles. The van der Waals surface area contributed by atoms with Crippen LogP contribution in [-0.4, -0.2) is 29.5 Å². The SMILES string of the molecule is CC(O)Cc1ccc(OCC2CCC3(CCCC3)O2)cc1. The summed E-state index contributed by atoms with van der Waals surface area (Å²) in [5, 5.41) is 9.38. The summed E-state index contributed by atoms with van der Waals surface area (Å²) in [5.41, 5.74) is 1.33. The van der Waals surface area contributed by atoms with Crippen LogP contribution in [0.5, 0.6) is 5.75 Å². The largest absolute Gasteiger partial charge is 0.491 e. The highest BCUT2D eigenvalue weighted by Crippen LogP contribution is 2.43. The Hall–Kier alpha value is -1.06. The summed E-state index contributed by atoms with van der Waals surface area (Å²) in [5.74, 6) is 0.889. The molecule has 1 aliphatic carbocycles. The van der Waals surface area contributed by atoms with E-state index >= 15 is 0 Å². The number of aliphatic hydroxyl groups is 1. The second kappa shape index (κ2) is 6.37. The minimum absolute atomic E-state index is 0.190. The summed E-state index contributed by atoms with van der Waals surface area (Å²) in [4.78, 5) is 0. The molecular weight excluding hydrogens is 264 g/mol. The quantitative estimate of drug-likeness (QED) is 0.902. The van der Waals surface area contributed by atoms with Gasteiger partial charge in [0.25, 0.3) is 0 Å². The van der Waals surface area contributed by atoms with Crippen molar-refractivity contribution in [3.8, 4) is 5.75 Å². The molecule has 0 aromatic heterocycles. The van der Waals surface area contributed by atoms with Crippen molar-refractivity contribution in [2.75, 3.05) is 6.61 Å². The summed E-state index contributed by atoms with van der Waals surface area (Å²) in [6, 6.07) is 8.02. The van der Waals surface area contributed by atoms with Gasteiger partial charge in [0.05, 0.1) is 17.8 Å². The van der Waals surface area contributed by atoms with Gasteiger partial charge in [-0.2, -0.15) is 0 Å². The molecule has 3 nitrogen and oxygen atoms in total. The van der Waals surface area contributed by atoms with Gasteiger partial charge < -0.3 is 14.6 Å². The Bertz CT molecular complexity index is 446. The van der Waals surface area contributed by atoms with Crippen molar-refractivity contribution >= 4 is 0 Å². The maximum atomic E-state index is 9.38. The number of hydrogen-bond acceptors (Lipinski definition) is 3. The molecule has 2 fully saturated rings. The first-order valence-corrected chi connectivity index (χ1v) is 8.23. The second-order valence-electron chi connectivity index (χ2n) is 6.68. The fraction of sp³-hybridized carbons (Fsp3) is 0.667. The van der Waals surface area contributed by atoms with Crippen LogP contribution in [0.3, 0.4) is 0 Å². The Morgan fingerprint density at radius 3 is 2.62 bits per heavy atom. The highest BCUT2D eigenvalue weighted by Gasteiger charge is 2.42. The molecule has 2 unspecified atom stereocenters. The lowest BCUT2D eigenvalue weighted by Crippen LogP contribution is -2.27. The number of ether oxygens (including phenoxy) is 2. The van der Waals surface area contributed by atoms with Gasteiger partial charge in [-0.05, 0) is 56.7 Å². The normalized spacial score (nSPS) is 25.3. The van der Waals surface area contributed by atoms with Gasteiger partial charge in [0.15, 0.2) is 0 Å². The van der Waals surface area contributed by atoms with Gasteiger partial charge in [-0.3, -0.25) is 0 Å². The van der Waals surface area contributed by atoms with Crippen molar-refractivity contribution < 1.29 is 14.6 Å². The number of hydrogen-bond donors (Lipinski definition) is 1. The van der Waals surface area contributed by atoms with Gasteiger partial charge in [0.2, 0.25) is 0 Å². The number of aliphatic hydroxyl groups excluding tert-OH is 1. The van der Waals surface area contributed by atoms with Crippen LogP contribution in [0.1, 0.15) is 51.0 Å². The molecule has 1 aromatic carbocycles. The molecule has 1 aromatic rings. The summed E-state index contributed by atoms with van der Waals surface area (Å²) in [7, 11) is 0. The number of benzene rings is 1. The van der Waals surface area contributed by atoms with E-state index in [-0.39, 0.29) is 17.8 Å². The average Bonchev–Trinajstić information content (AvgIpc) is 3.08. The van der Waals surface area contributed by atoms with Crippen LogP contribution in [0, 0.1) is 0 Å². The third-order valence-electron chi connectivity index (χ3n) is 4.74. The Balaban J connectivity index is 1.47. The van der Waals surface area contributed by atoms with Gasteiger partial charge in [0.1, 0.15) is 12.4 Å². The van der Waals surface area contributed by atoms with Crippen molar-refractivity contribution in [1.82, 2.24) is 0 Å². The van der Waals surface area contributed by atoms with Crippen LogP contribution in [0.25, 0.3) is 0 Å². The summed E-state index contributed by atoms with van der Waals surface area (Å²) < 4.78 is 12.1. The van der Waals surface area contributed by atoms with E-state index in [1.54, 1.807) is 6.92 Å². The van der Waals surface area contributed by atoms with E-state index in [2.05, 4.69) is 0 Å². The predicted molar refractivity (Wildman–Crippen MR) is 82.6 cm³/mol. The van der Waals surface area contributed by atoms with E-state index in [1.165, 1.54) is 32.1 Å². The molecule has 1 heterocycles. The predicted octanol–water partition coefficient (Wildman–Crippen LogP) is 3.48. The maximum Gasteiger partial charge on any atom is 0.119 e. The zero-order valence-corrected chi connectivity index (χ0v) is 12.9. The Morgan fingerprint density at radius 2 is 1.95 bits per heavy atom. The lowest BCUT2D eigenvalue weighted by molar-refractivity contribution is -0.0508. The molecule has 21 heavy (non-hydrogen) atoms. The molecule has 116 valence electrons. The van der Waals surface area contributed by atoms with Crippen LogP contribution in [0.15, 0.2) is 24.3 Å². The van der Waals surface area contributed by atoms with Crippen molar-refractivity contribution in [2.45, 2.75) is 69.7 Å². The zero-order valence-electron chi connectivity index (χ0n) is 12.9. The summed E-state index contributed by atoms with van der Waals surface area (Å²) in [6.45, 7) is 2.46. The third-order valence-corrected chi connectivity index (χ3v) is 4.74. The molecule has 1 saturated carbocycles. The van der Waals surface area contributed by atoms with E-state index in [9.17, 15) is 5.11 Å². The molecule has 1 spiro atoms. The summed E-state index contributed by atoms with van der Waals surface area (Å²) in [6.07, 6.45) is 8.07. The fourth-order valence-electron chi connectivity index (χ4n) is 3.65. The zero-order chi connectivity index (χ0) is 14.7. The van der Waals surface area contributed by atoms with E-state index < -0.39 is 0 Å². The summed E-state index contributed by atoms with van der Waals surface area (Å²) >= 11 is 0. The van der Waals surface area contributed by atoms with Gasteiger partial charge in [-0.25, -0.2) is 0 Å². The highest BCUT2D eigenvalue weighted by molar-refractivity contribution is 5.27. The van der Waals surface area contributed by atoms with Crippen LogP contribution < -0.4 is 4.74 Å². The van der Waals surface area contributed by atoms with E-state index in [0.717, 1.165) is 17.7 Å². The first kappa shape index (κ1) is 14.9. The van der Waals surface area contributed by atoms with Crippen molar-refractivity contribution in [1.29, 1.82) is 0 Å². The highest BCUT2D eigenvalue weighted by atomic mass is 16.6. The Kier molecular flexibility index (Phi) is 4.51. The smallest absolute Gasteiger partial charge is 0.119 e. The van der Waals surface area contributed by atoms with Crippen LogP contribution in [0.2, 0.25) is 0 Å². The minimum Gasteiger partial charge on any atom is -0.491 e. The Labute approximate surface area is 127 Å². The van der Waals surface area contributed by atoms with Crippen LogP contribution in [0.4, 0.5) is 0 Å². The molecule has 1 aliphatic heterocycles. The van der Waals surface area contributed by atoms with Crippen LogP contribution in [-0.2, 0) is 11.2 Å². The van der Waals surface area contributed by atoms with E-state index in [0.29, 0.717) is 13.0 Å². The van der Waals surface area contributed by atoms with Gasteiger partial charge >= 0.3 is 0 Å².